The first-order chi connectivity index (χ1) is 9.91. The minimum atomic E-state index is -4.99. The maximum atomic E-state index is 13.7. The lowest BCUT2D eigenvalue weighted by atomic mass is 9.92. The smallest absolute Gasteiger partial charge is 0.322 e. The van der Waals surface area contributed by atoms with E-state index in [-0.39, 0.29) is 16.3 Å². The third kappa shape index (κ3) is 2.53. The molecule has 0 aromatic heterocycles. The third-order valence-electron chi connectivity index (χ3n) is 3.22. The molecular weight excluding hydrogens is 341 g/mol. The lowest BCUT2D eigenvalue weighted by Gasteiger charge is -2.33. The Morgan fingerprint density at radius 3 is 2.36 bits per heavy atom. The van der Waals surface area contributed by atoms with Crippen molar-refractivity contribution in [3.05, 3.63) is 28.8 Å². The number of anilines is 1. The molecule has 22 heavy (non-hydrogen) atoms. The number of amides is 1. The van der Waals surface area contributed by atoms with Crippen molar-refractivity contribution in [2.24, 2.45) is 0 Å². The molecule has 0 saturated heterocycles. The van der Waals surface area contributed by atoms with E-state index in [0.717, 1.165) is 6.07 Å². The molecule has 0 bridgehead atoms. The molecular formula is C13H14ClF3N2O2S. The van der Waals surface area contributed by atoms with Crippen molar-refractivity contribution < 1.29 is 22.2 Å². The number of nitrogens with one attached hydrogen (secondary N) is 2. The van der Waals surface area contributed by atoms with Crippen LogP contribution in [0, 0.1) is 0 Å². The van der Waals surface area contributed by atoms with Crippen LogP contribution in [0.25, 0.3) is 0 Å². The number of halogens is 4. The molecule has 0 fully saturated rings. The van der Waals surface area contributed by atoms with E-state index in [1.807, 2.05) is 4.72 Å². The molecule has 1 aliphatic rings. The standard InChI is InChI=1S/C13H14ClF3N2O2S/c1-11(2,3)22(21)19-12(13(15,16)17)7-5-4-6-8(14)9(7)18-10(12)20/h4-6,19H,1-3H3,(H,18,20)/t12-,22+/m0/s1. The number of carbonyl (C=O) groups is 1. The average molecular weight is 355 g/mol. The molecule has 1 aromatic carbocycles. The third-order valence-corrected chi connectivity index (χ3v) is 5.14. The highest BCUT2D eigenvalue weighted by molar-refractivity contribution is 7.84. The van der Waals surface area contributed by atoms with Crippen LogP contribution in [0.5, 0.6) is 0 Å². The van der Waals surface area contributed by atoms with E-state index in [0.29, 0.717) is 0 Å². The minimum absolute atomic E-state index is 0.0136. The minimum Gasteiger partial charge on any atom is -0.322 e. The highest BCUT2D eigenvalue weighted by Crippen LogP contribution is 2.49. The highest BCUT2D eigenvalue weighted by Gasteiger charge is 2.66. The van der Waals surface area contributed by atoms with Gasteiger partial charge in [0.25, 0.3) is 5.91 Å². The van der Waals surface area contributed by atoms with Gasteiger partial charge in [-0.15, -0.1) is 0 Å². The summed E-state index contributed by atoms with van der Waals surface area (Å²) in [6.45, 7) is 4.52. The van der Waals surface area contributed by atoms with E-state index in [1.165, 1.54) is 32.9 Å². The van der Waals surface area contributed by atoms with Gasteiger partial charge in [0.15, 0.2) is 0 Å². The molecule has 2 atom stereocenters. The van der Waals surface area contributed by atoms with Crippen molar-refractivity contribution in [1.82, 2.24) is 4.72 Å². The molecule has 0 saturated carbocycles. The Labute approximate surface area is 133 Å². The maximum absolute atomic E-state index is 13.7. The fourth-order valence-electron chi connectivity index (χ4n) is 2.03. The van der Waals surface area contributed by atoms with Gasteiger partial charge in [-0.25, -0.2) is 8.93 Å². The number of rotatable bonds is 2. The van der Waals surface area contributed by atoms with Gasteiger partial charge in [0, 0.05) is 5.56 Å². The van der Waals surface area contributed by atoms with Crippen LogP contribution in [0.3, 0.4) is 0 Å². The maximum Gasteiger partial charge on any atom is 0.420 e. The molecule has 2 rings (SSSR count). The monoisotopic (exact) mass is 354 g/mol. The number of benzene rings is 1. The first kappa shape index (κ1) is 17.2. The van der Waals surface area contributed by atoms with E-state index in [1.54, 1.807) is 0 Å². The molecule has 1 aromatic rings. The second-order valence-corrected chi connectivity index (χ2v) is 8.22. The molecule has 9 heteroatoms. The van der Waals surface area contributed by atoms with Crippen LogP contribution < -0.4 is 10.0 Å². The number of fused-ring (bicyclic) bond motifs is 1. The van der Waals surface area contributed by atoms with Gasteiger partial charge in [-0.2, -0.15) is 13.2 Å². The number of hydrogen-bond acceptors (Lipinski definition) is 2. The average Bonchev–Trinajstić information content (AvgIpc) is 2.63. The van der Waals surface area contributed by atoms with Crippen molar-refractivity contribution in [3.8, 4) is 0 Å². The molecule has 2 N–H and O–H groups in total. The van der Waals surface area contributed by atoms with Crippen molar-refractivity contribution in [1.29, 1.82) is 0 Å². The van der Waals surface area contributed by atoms with Crippen LogP contribution in [0.1, 0.15) is 26.3 Å². The summed E-state index contributed by atoms with van der Waals surface area (Å²) in [5, 5.41) is 2.12. The molecule has 4 nitrogen and oxygen atoms in total. The zero-order valence-electron chi connectivity index (χ0n) is 12.0. The Bertz CT molecular complexity index is 658. The topological polar surface area (TPSA) is 58.2 Å². The largest absolute Gasteiger partial charge is 0.420 e. The van der Waals surface area contributed by atoms with Gasteiger partial charge < -0.3 is 5.32 Å². The second kappa shape index (κ2) is 5.21. The van der Waals surface area contributed by atoms with Crippen LogP contribution in [0.15, 0.2) is 18.2 Å². The predicted molar refractivity (Wildman–Crippen MR) is 78.8 cm³/mol. The fourth-order valence-corrected chi connectivity index (χ4v) is 3.15. The van der Waals surface area contributed by atoms with E-state index < -0.39 is 33.4 Å². The second-order valence-electron chi connectivity index (χ2n) is 5.85. The fraction of sp³-hybridized carbons (Fsp3) is 0.462. The highest BCUT2D eigenvalue weighted by atomic mass is 35.5. The Balaban J connectivity index is 2.66. The van der Waals surface area contributed by atoms with Gasteiger partial charge in [-0.1, -0.05) is 23.7 Å². The van der Waals surface area contributed by atoms with Crippen molar-refractivity contribution in [2.45, 2.75) is 37.2 Å². The SMILES string of the molecule is CC(C)(C)[S@@](=O)N[C@]1(C(F)(F)F)C(=O)Nc2c(Cl)cccc21. The van der Waals surface area contributed by atoms with Crippen molar-refractivity contribution in [3.63, 3.8) is 0 Å². The van der Waals surface area contributed by atoms with Crippen molar-refractivity contribution in [2.75, 3.05) is 5.32 Å². The van der Waals surface area contributed by atoms with E-state index in [2.05, 4.69) is 5.32 Å². The zero-order chi connectivity index (χ0) is 16.9. The van der Waals surface area contributed by atoms with Crippen LogP contribution in [0.2, 0.25) is 5.02 Å². The van der Waals surface area contributed by atoms with Crippen molar-refractivity contribution >= 4 is 34.2 Å². The Morgan fingerprint density at radius 2 is 1.86 bits per heavy atom. The number of para-hydroxylation sites is 1. The summed E-state index contributed by atoms with van der Waals surface area (Å²) < 4.78 is 54.4. The van der Waals surface area contributed by atoms with Gasteiger partial charge in [-0.05, 0) is 26.8 Å². The summed E-state index contributed by atoms with van der Waals surface area (Å²) in [6, 6.07) is 3.82. The summed E-state index contributed by atoms with van der Waals surface area (Å²) in [5.74, 6) is -1.35. The molecule has 1 heterocycles. The molecule has 0 unspecified atom stereocenters. The van der Waals surface area contributed by atoms with Gasteiger partial charge in [0.1, 0.15) is 0 Å². The number of hydrogen-bond donors (Lipinski definition) is 2. The van der Waals surface area contributed by atoms with Crippen LogP contribution >= 0.6 is 11.6 Å². The van der Waals surface area contributed by atoms with Crippen LogP contribution in [0.4, 0.5) is 18.9 Å². The van der Waals surface area contributed by atoms with Gasteiger partial charge in [0.05, 0.1) is 26.4 Å². The zero-order valence-corrected chi connectivity index (χ0v) is 13.5. The quantitative estimate of drug-likeness (QED) is 0.857. The first-order valence-electron chi connectivity index (χ1n) is 6.28. The number of carbonyl (C=O) groups excluding carboxylic acids is 1. The Hall–Kier alpha value is -1.12. The lowest BCUT2D eigenvalue weighted by molar-refractivity contribution is -0.193. The van der Waals surface area contributed by atoms with Gasteiger partial charge >= 0.3 is 6.18 Å². The summed E-state index contributed by atoms with van der Waals surface area (Å²) in [7, 11) is -2.12. The Kier molecular flexibility index (Phi) is 4.08. The predicted octanol–water partition coefficient (Wildman–Crippen LogP) is 3.10. The lowest BCUT2D eigenvalue weighted by Crippen LogP contribution is -2.60. The van der Waals surface area contributed by atoms with E-state index in [9.17, 15) is 22.2 Å². The summed E-state index contributed by atoms with van der Waals surface area (Å²) in [4.78, 5) is 12.1. The summed E-state index contributed by atoms with van der Waals surface area (Å²) in [6.07, 6.45) is -4.99. The number of alkyl halides is 3. The van der Waals surface area contributed by atoms with E-state index in [4.69, 9.17) is 11.6 Å². The van der Waals surface area contributed by atoms with Crippen LogP contribution in [-0.2, 0) is 21.3 Å². The first-order valence-corrected chi connectivity index (χ1v) is 7.81. The molecule has 0 spiro atoms. The normalized spacial score (nSPS) is 23.1. The molecule has 1 aliphatic heterocycles. The molecule has 0 aliphatic carbocycles. The van der Waals surface area contributed by atoms with Crippen LogP contribution in [-0.4, -0.2) is 21.0 Å². The van der Waals surface area contributed by atoms with Gasteiger partial charge in [-0.3, -0.25) is 4.79 Å². The summed E-state index contributed by atoms with van der Waals surface area (Å²) >= 11 is 5.85. The van der Waals surface area contributed by atoms with Gasteiger partial charge in [0.2, 0.25) is 5.54 Å². The van der Waals surface area contributed by atoms with E-state index >= 15 is 0 Å². The Morgan fingerprint density at radius 1 is 1.27 bits per heavy atom. The molecule has 0 radical (unpaired) electrons. The summed E-state index contributed by atoms with van der Waals surface area (Å²) in [5.41, 5.74) is -3.59. The molecule has 122 valence electrons. The molecule has 1 amide bonds.